The Balaban J connectivity index is 3.45. The molecule has 0 heterocycles. The molecule has 0 spiro atoms. The molecule has 1 aromatic rings. The van der Waals surface area contributed by atoms with Crippen molar-refractivity contribution in [2.24, 2.45) is 5.73 Å². The van der Waals surface area contributed by atoms with E-state index in [0.29, 0.717) is 0 Å². The number of nitrogens with two attached hydrogens (primary N) is 1. The second-order valence-corrected chi connectivity index (χ2v) is 3.32. The molecular formula is C11H14FNO4. The van der Waals surface area contributed by atoms with Crippen LogP contribution in [0, 0.1) is 5.82 Å². The van der Waals surface area contributed by atoms with Crippen LogP contribution in [0.4, 0.5) is 4.39 Å². The van der Waals surface area contributed by atoms with Crippen molar-refractivity contribution in [2.75, 3.05) is 20.8 Å². The molecule has 0 radical (unpaired) electrons. The SMILES string of the molecule is COc1ccc(F)c(OC)c1C(CN)C(=O)O. The van der Waals surface area contributed by atoms with E-state index in [-0.39, 0.29) is 23.6 Å². The minimum atomic E-state index is -1.16. The minimum Gasteiger partial charge on any atom is -0.496 e. The van der Waals surface area contributed by atoms with E-state index in [9.17, 15) is 9.18 Å². The van der Waals surface area contributed by atoms with Crippen LogP contribution >= 0.6 is 0 Å². The molecule has 1 rings (SSSR count). The third-order valence-electron chi connectivity index (χ3n) is 2.41. The number of methoxy groups -OCH3 is 2. The lowest BCUT2D eigenvalue weighted by molar-refractivity contribution is -0.138. The monoisotopic (exact) mass is 243 g/mol. The highest BCUT2D eigenvalue weighted by Crippen LogP contribution is 2.37. The number of carbonyl (C=O) groups is 1. The zero-order valence-corrected chi connectivity index (χ0v) is 9.57. The molecule has 1 atom stereocenters. The van der Waals surface area contributed by atoms with Crippen molar-refractivity contribution in [2.45, 2.75) is 5.92 Å². The van der Waals surface area contributed by atoms with Crippen LogP contribution < -0.4 is 15.2 Å². The van der Waals surface area contributed by atoms with Gasteiger partial charge in [0.1, 0.15) is 11.7 Å². The fourth-order valence-electron chi connectivity index (χ4n) is 1.61. The molecule has 94 valence electrons. The van der Waals surface area contributed by atoms with Crippen molar-refractivity contribution in [1.82, 2.24) is 0 Å². The summed E-state index contributed by atoms with van der Waals surface area (Å²) < 4.78 is 23.4. The van der Waals surface area contributed by atoms with Gasteiger partial charge in [-0.2, -0.15) is 0 Å². The van der Waals surface area contributed by atoms with E-state index in [1.165, 1.54) is 20.3 Å². The standard InChI is InChI=1S/C11H14FNO4/c1-16-8-4-3-7(12)10(17-2)9(8)6(5-13)11(14)15/h3-4,6H,5,13H2,1-2H3,(H,14,15). The minimum absolute atomic E-state index is 0.116. The van der Waals surface area contributed by atoms with Gasteiger partial charge < -0.3 is 20.3 Å². The molecule has 0 fully saturated rings. The van der Waals surface area contributed by atoms with Crippen LogP contribution in [-0.4, -0.2) is 31.8 Å². The van der Waals surface area contributed by atoms with E-state index in [1.807, 2.05) is 0 Å². The molecule has 1 unspecified atom stereocenters. The molecule has 0 aromatic heterocycles. The van der Waals surface area contributed by atoms with Gasteiger partial charge in [-0.15, -0.1) is 0 Å². The summed E-state index contributed by atoms with van der Waals surface area (Å²) >= 11 is 0. The summed E-state index contributed by atoms with van der Waals surface area (Å²) in [5, 5.41) is 9.04. The smallest absolute Gasteiger partial charge is 0.312 e. The maximum atomic E-state index is 13.5. The molecule has 0 bridgehead atoms. The number of benzene rings is 1. The third-order valence-corrected chi connectivity index (χ3v) is 2.41. The van der Waals surface area contributed by atoms with Gasteiger partial charge in [0.05, 0.1) is 19.8 Å². The molecule has 6 heteroatoms. The van der Waals surface area contributed by atoms with Crippen molar-refractivity contribution in [3.05, 3.63) is 23.5 Å². The van der Waals surface area contributed by atoms with E-state index in [0.717, 1.165) is 6.07 Å². The zero-order valence-electron chi connectivity index (χ0n) is 9.57. The first-order valence-corrected chi connectivity index (χ1v) is 4.90. The fraction of sp³-hybridized carbons (Fsp3) is 0.364. The summed E-state index contributed by atoms with van der Waals surface area (Å²) in [5.41, 5.74) is 5.50. The Bertz CT molecular complexity index is 422. The molecule has 0 aliphatic carbocycles. The number of aliphatic carboxylic acids is 1. The third kappa shape index (κ3) is 2.47. The Kier molecular flexibility index (Phi) is 4.28. The Hall–Kier alpha value is -1.82. The van der Waals surface area contributed by atoms with Crippen molar-refractivity contribution in [3.8, 4) is 11.5 Å². The quantitative estimate of drug-likeness (QED) is 0.805. The molecule has 0 aliphatic heterocycles. The van der Waals surface area contributed by atoms with Crippen LogP contribution in [0.1, 0.15) is 11.5 Å². The summed E-state index contributed by atoms with van der Waals surface area (Å²) in [6.45, 7) is -0.175. The summed E-state index contributed by atoms with van der Waals surface area (Å²) in [7, 11) is 2.63. The lowest BCUT2D eigenvalue weighted by Gasteiger charge is -2.18. The number of carboxylic acids is 1. The second kappa shape index (κ2) is 5.49. The Labute approximate surface area is 97.9 Å². The maximum Gasteiger partial charge on any atom is 0.312 e. The van der Waals surface area contributed by atoms with Crippen LogP contribution in [0.25, 0.3) is 0 Å². The highest BCUT2D eigenvalue weighted by atomic mass is 19.1. The van der Waals surface area contributed by atoms with Gasteiger partial charge in [-0.25, -0.2) is 4.39 Å². The van der Waals surface area contributed by atoms with Gasteiger partial charge in [0, 0.05) is 6.54 Å². The van der Waals surface area contributed by atoms with Gasteiger partial charge in [-0.3, -0.25) is 4.79 Å². The van der Waals surface area contributed by atoms with Gasteiger partial charge in [-0.1, -0.05) is 0 Å². The van der Waals surface area contributed by atoms with E-state index < -0.39 is 17.7 Å². The van der Waals surface area contributed by atoms with Crippen LogP contribution in [0.2, 0.25) is 0 Å². The predicted octanol–water partition coefficient (Wildman–Crippen LogP) is 0.970. The van der Waals surface area contributed by atoms with E-state index >= 15 is 0 Å². The van der Waals surface area contributed by atoms with Crippen LogP contribution in [0.15, 0.2) is 12.1 Å². The molecule has 0 aliphatic rings. The number of halogens is 1. The summed E-state index contributed by atoms with van der Waals surface area (Å²) in [6.07, 6.45) is 0. The van der Waals surface area contributed by atoms with Gasteiger partial charge in [0.2, 0.25) is 0 Å². The summed E-state index contributed by atoms with van der Waals surface area (Å²) in [6, 6.07) is 2.50. The Morgan fingerprint density at radius 2 is 2.12 bits per heavy atom. The first-order valence-electron chi connectivity index (χ1n) is 4.90. The lowest BCUT2D eigenvalue weighted by Crippen LogP contribution is -2.22. The maximum absolute atomic E-state index is 13.5. The molecular weight excluding hydrogens is 229 g/mol. The normalized spacial score (nSPS) is 12.0. The average Bonchev–Trinajstić information content (AvgIpc) is 2.30. The lowest BCUT2D eigenvalue weighted by atomic mass is 9.97. The topological polar surface area (TPSA) is 81.8 Å². The Morgan fingerprint density at radius 1 is 1.47 bits per heavy atom. The van der Waals surface area contributed by atoms with Crippen molar-refractivity contribution in [3.63, 3.8) is 0 Å². The second-order valence-electron chi connectivity index (χ2n) is 3.32. The largest absolute Gasteiger partial charge is 0.496 e. The molecule has 3 N–H and O–H groups in total. The summed E-state index contributed by atoms with van der Waals surface area (Å²) in [4.78, 5) is 11.1. The zero-order chi connectivity index (χ0) is 13.0. The first-order chi connectivity index (χ1) is 8.06. The van der Waals surface area contributed by atoms with Gasteiger partial charge in [-0.05, 0) is 12.1 Å². The number of carboxylic acid groups (broad SMARTS) is 1. The van der Waals surface area contributed by atoms with Crippen LogP contribution in [0.5, 0.6) is 11.5 Å². The predicted molar refractivity (Wildman–Crippen MR) is 58.9 cm³/mol. The molecule has 5 nitrogen and oxygen atoms in total. The number of hydrogen-bond donors (Lipinski definition) is 2. The van der Waals surface area contributed by atoms with E-state index in [1.54, 1.807) is 0 Å². The van der Waals surface area contributed by atoms with E-state index in [2.05, 4.69) is 0 Å². The van der Waals surface area contributed by atoms with Crippen LogP contribution in [0.3, 0.4) is 0 Å². The Morgan fingerprint density at radius 3 is 2.53 bits per heavy atom. The summed E-state index contributed by atoms with van der Waals surface area (Å²) in [5.74, 6) is -2.79. The van der Waals surface area contributed by atoms with Gasteiger partial charge >= 0.3 is 5.97 Å². The fourth-order valence-corrected chi connectivity index (χ4v) is 1.61. The van der Waals surface area contributed by atoms with Gasteiger partial charge in [0.25, 0.3) is 0 Å². The molecule has 1 aromatic carbocycles. The molecule has 0 saturated heterocycles. The van der Waals surface area contributed by atoms with Crippen molar-refractivity contribution < 1.29 is 23.8 Å². The number of ether oxygens (including phenoxy) is 2. The molecule has 0 amide bonds. The van der Waals surface area contributed by atoms with Crippen molar-refractivity contribution in [1.29, 1.82) is 0 Å². The van der Waals surface area contributed by atoms with E-state index in [4.69, 9.17) is 20.3 Å². The highest BCUT2D eigenvalue weighted by Gasteiger charge is 2.28. The van der Waals surface area contributed by atoms with Crippen molar-refractivity contribution >= 4 is 5.97 Å². The number of rotatable bonds is 5. The average molecular weight is 243 g/mol. The first kappa shape index (κ1) is 13.2. The van der Waals surface area contributed by atoms with Gasteiger partial charge in [0.15, 0.2) is 11.6 Å². The highest BCUT2D eigenvalue weighted by molar-refractivity contribution is 5.79. The molecule has 0 saturated carbocycles. The molecule has 17 heavy (non-hydrogen) atoms. The van der Waals surface area contributed by atoms with Crippen LogP contribution in [-0.2, 0) is 4.79 Å². The number of hydrogen-bond acceptors (Lipinski definition) is 4.